The van der Waals surface area contributed by atoms with E-state index in [0.717, 1.165) is 78.1 Å². The predicted octanol–water partition coefficient (Wildman–Crippen LogP) is 7.47. The van der Waals surface area contributed by atoms with Crippen molar-refractivity contribution in [3.05, 3.63) is 94.3 Å². The minimum absolute atomic E-state index is 0.00658. The number of piperidine rings is 1. The van der Waals surface area contributed by atoms with Gasteiger partial charge in [-0.05, 0) is 133 Å². The molecule has 9 heteroatoms. The number of rotatable bonds is 15. The largest absolute Gasteiger partial charge is 0.504 e. The number of carbonyl (C=O) groups is 2. The van der Waals surface area contributed by atoms with E-state index < -0.39 is 18.1 Å². The number of carbonyl (C=O) groups excluding carboxylic acids is 2. The molecule has 8 unspecified atom stereocenters. The Morgan fingerprint density at radius 2 is 1.80 bits per heavy atom. The summed E-state index contributed by atoms with van der Waals surface area (Å²) in [7, 11) is 1.51. The van der Waals surface area contributed by atoms with Gasteiger partial charge >= 0.3 is 0 Å². The Labute approximate surface area is 349 Å². The number of aliphatic hydroxyl groups is 2. The Morgan fingerprint density at radius 1 is 0.966 bits per heavy atom. The molecule has 4 aliphatic rings. The van der Waals surface area contributed by atoms with Crippen LogP contribution in [0.5, 0.6) is 11.5 Å². The minimum Gasteiger partial charge on any atom is -0.504 e. The summed E-state index contributed by atoms with van der Waals surface area (Å²) < 4.78 is 5.47. The van der Waals surface area contributed by atoms with Gasteiger partial charge in [-0.3, -0.25) is 9.59 Å². The lowest BCUT2D eigenvalue weighted by Crippen LogP contribution is -2.48. The summed E-state index contributed by atoms with van der Waals surface area (Å²) in [6.07, 6.45) is 10.2. The number of Topliss-reactive ketones (excluding diaryl/α,β-unsaturated/α-hetero) is 2. The molecule has 2 heterocycles. The molecular weight excluding hydrogens is 739 g/mol. The summed E-state index contributed by atoms with van der Waals surface area (Å²) in [4.78, 5) is 25.6. The molecule has 314 valence electrons. The highest BCUT2D eigenvalue weighted by atomic mass is 16.5. The molecule has 2 aliphatic heterocycles. The molecule has 7 N–H and O–H groups in total. The molecule has 1 saturated heterocycles. The first-order valence-electron chi connectivity index (χ1n) is 22.1. The van der Waals surface area contributed by atoms with Crippen molar-refractivity contribution >= 4 is 22.3 Å². The molecule has 7 rings (SSSR count). The van der Waals surface area contributed by atoms with E-state index in [-0.39, 0.29) is 29.8 Å². The molecule has 0 bridgehead atoms. The Kier molecular flexibility index (Phi) is 14.1. The summed E-state index contributed by atoms with van der Waals surface area (Å²) in [5.41, 5.74) is 11.6. The molecule has 3 aromatic rings. The van der Waals surface area contributed by atoms with Crippen molar-refractivity contribution in [1.29, 1.82) is 0 Å². The zero-order chi connectivity index (χ0) is 41.5. The van der Waals surface area contributed by atoms with E-state index >= 15 is 0 Å². The van der Waals surface area contributed by atoms with Gasteiger partial charge in [0.15, 0.2) is 17.3 Å². The quantitative estimate of drug-likeness (QED) is 0.0679. The number of hydrogen-bond donors (Lipinski definition) is 6. The monoisotopic (exact) mass is 801 g/mol. The topological polar surface area (TPSA) is 154 Å². The maximum absolute atomic E-state index is 13.7. The highest BCUT2D eigenvalue weighted by Crippen LogP contribution is 2.40. The Bertz CT molecular complexity index is 2110. The number of unbranched alkanes of at least 4 members (excludes halogenated alkanes) is 1. The number of phenolic OH excluding ortho intramolecular Hbond substituents is 1. The van der Waals surface area contributed by atoms with Crippen LogP contribution in [0, 0.1) is 29.6 Å². The Hall–Kier alpha value is -4.62. The maximum atomic E-state index is 13.7. The molecule has 0 spiro atoms. The maximum Gasteiger partial charge on any atom is 0.160 e. The Balaban J connectivity index is 1.06. The van der Waals surface area contributed by atoms with Gasteiger partial charge in [-0.25, -0.2) is 0 Å². The van der Waals surface area contributed by atoms with Gasteiger partial charge in [0.25, 0.3) is 0 Å². The second-order valence-electron chi connectivity index (χ2n) is 17.5. The number of aliphatic hydroxyl groups excluding tert-OH is 2. The number of ketones is 2. The van der Waals surface area contributed by atoms with Crippen LogP contribution >= 0.6 is 0 Å². The summed E-state index contributed by atoms with van der Waals surface area (Å²) >= 11 is 0. The van der Waals surface area contributed by atoms with Crippen LogP contribution in [0.15, 0.2) is 77.6 Å². The van der Waals surface area contributed by atoms with Crippen LogP contribution in [0.1, 0.15) is 119 Å². The van der Waals surface area contributed by atoms with E-state index in [0.29, 0.717) is 86.7 Å². The molecule has 2 fully saturated rings. The molecule has 1 saturated carbocycles. The molecule has 2 aliphatic carbocycles. The van der Waals surface area contributed by atoms with E-state index in [2.05, 4.69) is 59.7 Å². The van der Waals surface area contributed by atoms with Crippen LogP contribution in [-0.4, -0.2) is 65.3 Å². The van der Waals surface area contributed by atoms with Gasteiger partial charge in [0, 0.05) is 43.7 Å². The summed E-state index contributed by atoms with van der Waals surface area (Å²) in [6, 6.07) is 18.7. The molecule has 3 aromatic carbocycles. The van der Waals surface area contributed by atoms with Crippen LogP contribution < -0.4 is 21.1 Å². The highest BCUT2D eigenvalue weighted by molar-refractivity contribution is 5.85. The number of methoxy groups -OCH3 is 1. The smallest absolute Gasteiger partial charge is 0.160 e. The van der Waals surface area contributed by atoms with Gasteiger partial charge in [0.05, 0.1) is 25.1 Å². The fraction of sp³-hybridized carbons (Fsp3) is 0.520. The minimum atomic E-state index is -0.877. The average molecular weight is 802 g/mol. The van der Waals surface area contributed by atoms with Gasteiger partial charge in [-0.15, -0.1) is 0 Å². The lowest BCUT2D eigenvalue weighted by molar-refractivity contribution is -0.124. The highest BCUT2D eigenvalue weighted by Gasteiger charge is 2.35. The van der Waals surface area contributed by atoms with Crippen molar-refractivity contribution in [2.45, 2.75) is 127 Å². The first-order chi connectivity index (χ1) is 28.6. The lowest BCUT2D eigenvalue weighted by atomic mass is 9.74. The van der Waals surface area contributed by atoms with E-state index in [4.69, 9.17) is 10.5 Å². The normalized spacial score (nSPS) is 24.9. The molecule has 0 aromatic heterocycles. The number of fused-ring (bicyclic) bond motifs is 3. The van der Waals surface area contributed by atoms with E-state index in [1.165, 1.54) is 12.7 Å². The van der Waals surface area contributed by atoms with Crippen LogP contribution in [0.2, 0.25) is 0 Å². The van der Waals surface area contributed by atoms with Gasteiger partial charge < -0.3 is 36.4 Å². The van der Waals surface area contributed by atoms with E-state index in [1.807, 2.05) is 18.2 Å². The van der Waals surface area contributed by atoms with E-state index in [9.17, 15) is 24.9 Å². The van der Waals surface area contributed by atoms with Gasteiger partial charge in [-0.1, -0.05) is 74.1 Å². The fourth-order valence-corrected chi connectivity index (χ4v) is 10.1. The molecule has 9 nitrogen and oxygen atoms in total. The van der Waals surface area contributed by atoms with Crippen molar-refractivity contribution in [3.8, 4) is 23.3 Å². The third-order valence-corrected chi connectivity index (χ3v) is 13.6. The van der Waals surface area contributed by atoms with Crippen LogP contribution in [-0.2, 0) is 16.0 Å². The van der Waals surface area contributed by atoms with Crippen LogP contribution in [0.3, 0.4) is 0 Å². The number of phenols is 1. The van der Waals surface area contributed by atoms with Crippen molar-refractivity contribution in [2.24, 2.45) is 23.5 Å². The standard InChI is InChI=1S/C50H63N3O6/c1-3-32-30-53-50(51)28-44(32)43(36-13-12-33-9-5-6-10-35(33)23-36)25-39(54)18-14-34-16-20-41(47(57)21-17-37-24-49(59-2)48(58)27-42(34)37)46(56)11-7-4-8-31-22-38-15-19-40(55)26-45(38)52-29-31/h5-6,9-10,12-13,23-24,27-28,31,34,38-39,41,43,45-46,52-54,56,58H,3-4,7-8,11,14-15,17-19,21-22,25-26,29-30,51H2,1-2H3. The second-order valence-corrected chi connectivity index (χ2v) is 17.5. The first-order valence-corrected chi connectivity index (χ1v) is 22.1. The molecule has 0 radical (unpaired) electrons. The Morgan fingerprint density at radius 3 is 2.61 bits per heavy atom. The third-order valence-electron chi connectivity index (χ3n) is 13.6. The number of ether oxygens (including phenoxy) is 1. The molecule has 8 atom stereocenters. The van der Waals surface area contributed by atoms with Crippen molar-refractivity contribution in [1.82, 2.24) is 10.6 Å². The number of nitrogens with two attached hydrogens (primary N) is 1. The van der Waals surface area contributed by atoms with Crippen LogP contribution in [0.25, 0.3) is 10.8 Å². The van der Waals surface area contributed by atoms with Gasteiger partial charge in [0.2, 0.25) is 0 Å². The molecule has 0 amide bonds. The second kappa shape index (κ2) is 19.6. The molecule has 59 heavy (non-hydrogen) atoms. The number of hydrogen-bond acceptors (Lipinski definition) is 9. The number of aromatic hydroxyl groups is 1. The molecular formula is C50H63N3O6. The van der Waals surface area contributed by atoms with Gasteiger partial charge in [0.1, 0.15) is 11.7 Å². The van der Waals surface area contributed by atoms with Crippen molar-refractivity contribution in [2.75, 3.05) is 20.2 Å². The number of aryl methyl sites for hydroxylation is 1. The SMILES string of the molecule is CCC1=C(C(CC(O)CCC2C#CC(C(O)CCCCC3CNC4CC(=O)CCC4C3)C(=O)CCc3cc(OC)c(O)cc32)c2ccc3ccccc3c2)C=C(N)NC1. The fourth-order valence-electron chi connectivity index (χ4n) is 10.1. The van der Waals surface area contributed by atoms with Crippen molar-refractivity contribution in [3.63, 3.8) is 0 Å². The number of allylic oxidation sites excluding steroid dienone is 2. The summed E-state index contributed by atoms with van der Waals surface area (Å²) in [5.74, 6) is 7.76. The van der Waals surface area contributed by atoms with Crippen LogP contribution in [0.4, 0.5) is 0 Å². The number of benzene rings is 3. The first kappa shape index (κ1) is 42.5. The number of dihydropyridines is 1. The van der Waals surface area contributed by atoms with E-state index in [1.54, 1.807) is 12.1 Å². The third kappa shape index (κ3) is 10.4. The zero-order valence-corrected chi connectivity index (χ0v) is 34.8. The zero-order valence-electron chi connectivity index (χ0n) is 34.8. The predicted molar refractivity (Wildman–Crippen MR) is 233 cm³/mol. The van der Waals surface area contributed by atoms with Crippen molar-refractivity contribution < 1.29 is 29.6 Å². The van der Waals surface area contributed by atoms with Gasteiger partial charge in [-0.2, -0.15) is 0 Å². The number of nitrogens with one attached hydrogen (secondary N) is 2. The average Bonchev–Trinajstić information content (AvgIpc) is 3.30. The lowest BCUT2D eigenvalue weighted by Gasteiger charge is -2.39. The summed E-state index contributed by atoms with van der Waals surface area (Å²) in [5, 5.41) is 43.5. The summed E-state index contributed by atoms with van der Waals surface area (Å²) in [6.45, 7) is 3.76.